The Morgan fingerprint density at radius 3 is 2.93 bits per heavy atom. The highest BCUT2D eigenvalue weighted by Gasteiger charge is 2.23. The highest BCUT2D eigenvalue weighted by Crippen LogP contribution is 2.22. The molecule has 1 atom stereocenters. The molecule has 1 aliphatic heterocycles. The molecule has 6 nitrogen and oxygen atoms in total. The highest BCUT2D eigenvalue weighted by molar-refractivity contribution is 5.88. The van der Waals surface area contributed by atoms with Crippen molar-refractivity contribution in [3.63, 3.8) is 0 Å². The van der Waals surface area contributed by atoms with Gasteiger partial charge in [-0.05, 0) is 6.42 Å². The van der Waals surface area contributed by atoms with Crippen LogP contribution in [0.2, 0.25) is 0 Å². The molecule has 0 radical (unpaired) electrons. The Morgan fingerprint density at radius 1 is 1.53 bits per heavy atom. The summed E-state index contributed by atoms with van der Waals surface area (Å²) in [4.78, 5) is 20.7. The minimum atomic E-state index is 0.140. The van der Waals surface area contributed by atoms with Crippen LogP contribution < -0.4 is 16.4 Å². The Balaban J connectivity index is 2.35. The van der Waals surface area contributed by atoms with Crippen LogP contribution in [0, 0.1) is 0 Å². The van der Waals surface area contributed by atoms with Crippen LogP contribution in [0.5, 0.6) is 0 Å². The van der Waals surface area contributed by atoms with Crippen molar-refractivity contribution in [2.24, 2.45) is 5.73 Å². The second kappa shape index (κ2) is 3.82. The van der Waals surface area contributed by atoms with E-state index in [0.29, 0.717) is 24.2 Å². The SMILES string of the molecule is Nc1ncnc(N2CCC(N)C2)c1C=O. The summed E-state index contributed by atoms with van der Waals surface area (Å²) in [7, 11) is 0. The van der Waals surface area contributed by atoms with Gasteiger partial charge in [-0.15, -0.1) is 0 Å². The average Bonchev–Trinajstić information content (AvgIpc) is 2.64. The first-order valence-corrected chi connectivity index (χ1v) is 4.78. The molecule has 1 fully saturated rings. The van der Waals surface area contributed by atoms with Gasteiger partial charge in [0, 0.05) is 19.1 Å². The molecule has 1 unspecified atom stereocenters. The van der Waals surface area contributed by atoms with Crippen LogP contribution in [0.25, 0.3) is 0 Å². The van der Waals surface area contributed by atoms with Gasteiger partial charge in [0.1, 0.15) is 18.0 Å². The summed E-state index contributed by atoms with van der Waals surface area (Å²) in [5.41, 5.74) is 11.7. The molecule has 1 saturated heterocycles. The Bertz CT molecular complexity index is 381. The van der Waals surface area contributed by atoms with Gasteiger partial charge in [-0.2, -0.15) is 0 Å². The molecular formula is C9H13N5O. The van der Waals surface area contributed by atoms with E-state index in [9.17, 15) is 4.79 Å². The van der Waals surface area contributed by atoms with Gasteiger partial charge in [-0.3, -0.25) is 4.79 Å². The summed E-state index contributed by atoms with van der Waals surface area (Å²) in [6.45, 7) is 1.51. The lowest BCUT2D eigenvalue weighted by Crippen LogP contribution is -2.28. The van der Waals surface area contributed by atoms with Crippen molar-refractivity contribution in [1.82, 2.24) is 9.97 Å². The molecule has 0 aromatic carbocycles. The average molecular weight is 207 g/mol. The van der Waals surface area contributed by atoms with Crippen molar-refractivity contribution in [2.45, 2.75) is 12.5 Å². The van der Waals surface area contributed by atoms with Crippen LogP contribution >= 0.6 is 0 Å². The van der Waals surface area contributed by atoms with Gasteiger partial charge in [0.25, 0.3) is 0 Å². The second-order valence-corrected chi connectivity index (χ2v) is 3.61. The van der Waals surface area contributed by atoms with Crippen molar-refractivity contribution in [2.75, 3.05) is 23.7 Å². The number of aromatic nitrogens is 2. The maximum Gasteiger partial charge on any atom is 0.157 e. The minimum Gasteiger partial charge on any atom is -0.383 e. The van der Waals surface area contributed by atoms with E-state index >= 15 is 0 Å². The van der Waals surface area contributed by atoms with Crippen molar-refractivity contribution in [3.05, 3.63) is 11.9 Å². The number of hydrogen-bond acceptors (Lipinski definition) is 6. The van der Waals surface area contributed by atoms with E-state index in [0.717, 1.165) is 13.0 Å². The predicted octanol–water partition coefficient (Wildman–Crippen LogP) is -0.591. The quantitative estimate of drug-likeness (QED) is 0.629. The van der Waals surface area contributed by atoms with E-state index in [4.69, 9.17) is 11.5 Å². The van der Waals surface area contributed by atoms with Gasteiger partial charge in [-0.25, -0.2) is 9.97 Å². The Labute approximate surface area is 87.3 Å². The van der Waals surface area contributed by atoms with E-state index in [2.05, 4.69) is 9.97 Å². The molecule has 1 aromatic rings. The molecule has 0 bridgehead atoms. The van der Waals surface area contributed by atoms with Crippen molar-refractivity contribution < 1.29 is 4.79 Å². The molecule has 15 heavy (non-hydrogen) atoms. The van der Waals surface area contributed by atoms with Gasteiger partial charge in [-0.1, -0.05) is 0 Å². The largest absolute Gasteiger partial charge is 0.383 e. The van der Waals surface area contributed by atoms with Crippen molar-refractivity contribution >= 4 is 17.9 Å². The van der Waals surface area contributed by atoms with Gasteiger partial charge < -0.3 is 16.4 Å². The fourth-order valence-electron chi connectivity index (χ4n) is 1.74. The van der Waals surface area contributed by atoms with Crippen molar-refractivity contribution in [1.29, 1.82) is 0 Å². The lowest BCUT2D eigenvalue weighted by molar-refractivity contribution is 0.112. The van der Waals surface area contributed by atoms with Gasteiger partial charge in [0.2, 0.25) is 0 Å². The Kier molecular flexibility index (Phi) is 2.51. The summed E-state index contributed by atoms with van der Waals surface area (Å²) in [5, 5.41) is 0. The molecule has 2 rings (SSSR count). The summed E-state index contributed by atoms with van der Waals surface area (Å²) >= 11 is 0. The predicted molar refractivity (Wildman–Crippen MR) is 56.6 cm³/mol. The molecule has 0 amide bonds. The summed E-state index contributed by atoms with van der Waals surface area (Å²) < 4.78 is 0. The zero-order valence-electron chi connectivity index (χ0n) is 8.26. The topological polar surface area (TPSA) is 98.1 Å². The van der Waals surface area contributed by atoms with Crippen LogP contribution in [-0.2, 0) is 0 Å². The third kappa shape index (κ3) is 1.75. The molecule has 4 N–H and O–H groups in total. The molecule has 0 spiro atoms. The summed E-state index contributed by atoms with van der Waals surface area (Å²) in [6, 6.07) is 0.140. The molecule has 80 valence electrons. The van der Waals surface area contributed by atoms with E-state index in [1.54, 1.807) is 0 Å². The first kappa shape index (κ1) is 9.85. The first-order chi connectivity index (χ1) is 7.22. The molecule has 1 aliphatic rings. The monoisotopic (exact) mass is 207 g/mol. The van der Waals surface area contributed by atoms with E-state index in [1.165, 1.54) is 6.33 Å². The van der Waals surface area contributed by atoms with Crippen LogP contribution in [0.15, 0.2) is 6.33 Å². The minimum absolute atomic E-state index is 0.140. The number of aldehydes is 1. The number of carbonyl (C=O) groups is 1. The smallest absolute Gasteiger partial charge is 0.157 e. The molecule has 0 aliphatic carbocycles. The third-order valence-electron chi connectivity index (χ3n) is 2.54. The van der Waals surface area contributed by atoms with Crippen molar-refractivity contribution in [3.8, 4) is 0 Å². The molecule has 2 heterocycles. The van der Waals surface area contributed by atoms with E-state index < -0.39 is 0 Å². The van der Waals surface area contributed by atoms with Gasteiger partial charge >= 0.3 is 0 Å². The maximum absolute atomic E-state index is 10.9. The number of nitrogens with two attached hydrogens (primary N) is 2. The lowest BCUT2D eigenvalue weighted by atomic mass is 10.3. The van der Waals surface area contributed by atoms with Crippen LogP contribution in [0.4, 0.5) is 11.6 Å². The zero-order chi connectivity index (χ0) is 10.8. The molecule has 1 aromatic heterocycles. The second-order valence-electron chi connectivity index (χ2n) is 3.61. The Morgan fingerprint density at radius 2 is 2.33 bits per heavy atom. The van der Waals surface area contributed by atoms with E-state index in [1.807, 2.05) is 4.90 Å². The number of carbonyl (C=O) groups excluding carboxylic acids is 1. The molecular weight excluding hydrogens is 194 g/mol. The first-order valence-electron chi connectivity index (χ1n) is 4.78. The van der Waals surface area contributed by atoms with E-state index in [-0.39, 0.29) is 11.9 Å². The number of anilines is 2. The zero-order valence-corrected chi connectivity index (χ0v) is 8.26. The Hall–Kier alpha value is -1.69. The van der Waals surface area contributed by atoms with Gasteiger partial charge in [0.15, 0.2) is 6.29 Å². The maximum atomic E-state index is 10.9. The highest BCUT2D eigenvalue weighted by atomic mass is 16.1. The van der Waals surface area contributed by atoms with Crippen LogP contribution in [-0.4, -0.2) is 35.4 Å². The summed E-state index contributed by atoms with van der Waals surface area (Å²) in [5.74, 6) is 0.806. The van der Waals surface area contributed by atoms with Crippen LogP contribution in [0.3, 0.4) is 0 Å². The number of nitrogens with zero attached hydrogens (tertiary/aromatic N) is 3. The number of nitrogen functional groups attached to an aromatic ring is 1. The fraction of sp³-hybridized carbons (Fsp3) is 0.444. The summed E-state index contributed by atoms with van der Waals surface area (Å²) in [6.07, 6.45) is 2.96. The standard InChI is InChI=1S/C9H13N5O/c10-6-1-2-14(3-6)9-7(4-15)8(11)12-5-13-9/h4-6H,1-3,10H2,(H2,11,12,13). The molecule has 6 heteroatoms. The number of hydrogen-bond donors (Lipinski definition) is 2. The lowest BCUT2D eigenvalue weighted by Gasteiger charge is -2.18. The normalized spacial score (nSPS) is 20.6. The van der Waals surface area contributed by atoms with Gasteiger partial charge in [0.05, 0.1) is 5.56 Å². The van der Waals surface area contributed by atoms with Crippen LogP contribution in [0.1, 0.15) is 16.8 Å². The fourth-order valence-corrected chi connectivity index (χ4v) is 1.74. The third-order valence-corrected chi connectivity index (χ3v) is 2.54. The molecule has 0 saturated carbocycles. The number of rotatable bonds is 2.